The summed E-state index contributed by atoms with van der Waals surface area (Å²) in [5.41, 5.74) is 2.77. The van der Waals surface area contributed by atoms with Crippen LogP contribution in [0.3, 0.4) is 0 Å². The Labute approximate surface area is 85.1 Å². The van der Waals surface area contributed by atoms with Gasteiger partial charge in [-0.15, -0.1) is 0 Å². The molecule has 0 amide bonds. The van der Waals surface area contributed by atoms with Gasteiger partial charge in [0.15, 0.2) is 0 Å². The van der Waals surface area contributed by atoms with E-state index in [1.54, 1.807) is 0 Å². The fraction of sp³-hybridized carbons (Fsp3) is 0.538. The van der Waals surface area contributed by atoms with Crippen LogP contribution < -0.4 is 4.74 Å². The number of aryl methyl sites for hydroxylation is 1. The predicted octanol–water partition coefficient (Wildman–Crippen LogP) is 2.96. The van der Waals surface area contributed by atoms with Crippen LogP contribution in [0.4, 0.5) is 0 Å². The largest absolute Gasteiger partial charge is 0.493 e. The van der Waals surface area contributed by atoms with Gasteiger partial charge in [-0.25, -0.2) is 0 Å². The molecule has 1 aromatic carbocycles. The number of fused-ring (bicyclic) bond motifs is 1. The molecule has 1 atom stereocenters. The first-order valence-corrected chi connectivity index (χ1v) is 5.55. The summed E-state index contributed by atoms with van der Waals surface area (Å²) in [5.74, 6) is 2.88. The minimum atomic E-state index is 0.796. The van der Waals surface area contributed by atoms with Gasteiger partial charge in [-0.1, -0.05) is 17.7 Å². The lowest BCUT2D eigenvalue weighted by Gasteiger charge is -2.25. The van der Waals surface area contributed by atoms with Gasteiger partial charge in [-0.05, 0) is 49.7 Å². The fourth-order valence-electron chi connectivity index (χ4n) is 2.42. The molecule has 14 heavy (non-hydrogen) atoms. The van der Waals surface area contributed by atoms with Gasteiger partial charge in [0, 0.05) is 0 Å². The average molecular weight is 188 g/mol. The molecule has 0 N–H and O–H groups in total. The standard InChI is InChI=1S/C13H16O/c1-9-2-5-13-11(6-9)7-12(8-14-13)10-3-4-10/h2,5-6,10,12H,3-4,7-8H2,1H3. The van der Waals surface area contributed by atoms with Crippen molar-refractivity contribution in [3.05, 3.63) is 29.3 Å². The van der Waals surface area contributed by atoms with E-state index < -0.39 is 0 Å². The highest BCUT2D eigenvalue weighted by molar-refractivity contribution is 5.38. The Morgan fingerprint density at radius 3 is 2.86 bits per heavy atom. The van der Waals surface area contributed by atoms with E-state index in [2.05, 4.69) is 25.1 Å². The predicted molar refractivity (Wildman–Crippen MR) is 56.6 cm³/mol. The van der Waals surface area contributed by atoms with Crippen molar-refractivity contribution in [1.29, 1.82) is 0 Å². The molecule has 3 rings (SSSR count). The molecule has 1 aliphatic heterocycles. The highest BCUT2D eigenvalue weighted by Crippen LogP contribution is 2.42. The molecule has 1 aromatic rings. The number of hydrogen-bond acceptors (Lipinski definition) is 1. The third-order valence-electron chi connectivity index (χ3n) is 3.44. The van der Waals surface area contributed by atoms with Crippen molar-refractivity contribution in [1.82, 2.24) is 0 Å². The van der Waals surface area contributed by atoms with E-state index in [0.717, 1.165) is 24.2 Å². The van der Waals surface area contributed by atoms with Gasteiger partial charge >= 0.3 is 0 Å². The minimum Gasteiger partial charge on any atom is -0.493 e. The zero-order chi connectivity index (χ0) is 9.54. The van der Waals surface area contributed by atoms with Crippen LogP contribution in [0, 0.1) is 18.8 Å². The van der Waals surface area contributed by atoms with Crippen LogP contribution in [0.2, 0.25) is 0 Å². The maximum Gasteiger partial charge on any atom is 0.122 e. The Kier molecular flexibility index (Phi) is 1.79. The Bertz CT molecular complexity index is 352. The molecule has 1 unspecified atom stereocenters. The summed E-state index contributed by atoms with van der Waals surface area (Å²) in [4.78, 5) is 0. The van der Waals surface area contributed by atoms with Crippen LogP contribution in [0.15, 0.2) is 18.2 Å². The molecule has 2 aliphatic rings. The lowest BCUT2D eigenvalue weighted by atomic mass is 9.92. The lowest BCUT2D eigenvalue weighted by molar-refractivity contribution is 0.205. The molecular weight excluding hydrogens is 172 g/mol. The van der Waals surface area contributed by atoms with E-state index in [-0.39, 0.29) is 0 Å². The maximum absolute atomic E-state index is 5.79. The minimum absolute atomic E-state index is 0.796. The van der Waals surface area contributed by atoms with Gasteiger partial charge in [0.25, 0.3) is 0 Å². The summed E-state index contributed by atoms with van der Waals surface area (Å²) in [6.45, 7) is 3.10. The van der Waals surface area contributed by atoms with Gasteiger partial charge in [-0.3, -0.25) is 0 Å². The second-order valence-electron chi connectivity index (χ2n) is 4.72. The molecule has 0 aromatic heterocycles. The molecule has 0 saturated heterocycles. The van der Waals surface area contributed by atoms with E-state index in [4.69, 9.17) is 4.74 Å². The Balaban J connectivity index is 1.88. The van der Waals surface area contributed by atoms with Crippen molar-refractivity contribution < 1.29 is 4.74 Å². The van der Waals surface area contributed by atoms with Crippen LogP contribution in [-0.4, -0.2) is 6.61 Å². The molecule has 0 spiro atoms. The summed E-state index contributed by atoms with van der Waals surface area (Å²) in [7, 11) is 0. The summed E-state index contributed by atoms with van der Waals surface area (Å²) in [6, 6.07) is 6.54. The summed E-state index contributed by atoms with van der Waals surface area (Å²) < 4.78 is 5.79. The summed E-state index contributed by atoms with van der Waals surface area (Å²) in [5, 5.41) is 0. The summed E-state index contributed by atoms with van der Waals surface area (Å²) in [6.07, 6.45) is 4.09. The lowest BCUT2D eigenvalue weighted by Crippen LogP contribution is -2.22. The molecule has 1 fully saturated rings. The van der Waals surface area contributed by atoms with Crippen LogP contribution in [0.1, 0.15) is 24.0 Å². The van der Waals surface area contributed by atoms with Gasteiger partial charge < -0.3 is 4.74 Å². The van der Waals surface area contributed by atoms with Crippen molar-refractivity contribution in [3.63, 3.8) is 0 Å². The first-order chi connectivity index (χ1) is 6.83. The smallest absolute Gasteiger partial charge is 0.122 e. The van der Waals surface area contributed by atoms with Crippen LogP contribution >= 0.6 is 0 Å². The van der Waals surface area contributed by atoms with E-state index in [1.807, 2.05) is 0 Å². The number of hydrogen-bond donors (Lipinski definition) is 0. The Morgan fingerprint density at radius 1 is 1.21 bits per heavy atom. The monoisotopic (exact) mass is 188 g/mol. The second kappa shape index (κ2) is 3.01. The van der Waals surface area contributed by atoms with Gasteiger partial charge in [0.2, 0.25) is 0 Å². The third-order valence-corrected chi connectivity index (χ3v) is 3.44. The zero-order valence-corrected chi connectivity index (χ0v) is 8.62. The van der Waals surface area contributed by atoms with Crippen molar-refractivity contribution in [2.45, 2.75) is 26.2 Å². The van der Waals surface area contributed by atoms with Gasteiger partial charge in [-0.2, -0.15) is 0 Å². The molecular formula is C13H16O. The number of ether oxygens (including phenoxy) is 1. The SMILES string of the molecule is Cc1ccc2c(c1)CC(C1CC1)CO2. The molecule has 0 bridgehead atoms. The van der Waals surface area contributed by atoms with Crippen molar-refractivity contribution >= 4 is 0 Å². The highest BCUT2D eigenvalue weighted by atomic mass is 16.5. The van der Waals surface area contributed by atoms with Crippen molar-refractivity contribution in [3.8, 4) is 5.75 Å². The van der Waals surface area contributed by atoms with E-state index >= 15 is 0 Å². The van der Waals surface area contributed by atoms with Crippen LogP contribution in [-0.2, 0) is 6.42 Å². The van der Waals surface area contributed by atoms with E-state index in [9.17, 15) is 0 Å². The maximum atomic E-state index is 5.79. The Morgan fingerprint density at radius 2 is 2.07 bits per heavy atom. The van der Waals surface area contributed by atoms with Crippen LogP contribution in [0.5, 0.6) is 5.75 Å². The topological polar surface area (TPSA) is 9.23 Å². The number of rotatable bonds is 1. The number of benzene rings is 1. The quantitative estimate of drug-likeness (QED) is 0.658. The Hall–Kier alpha value is -0.980. The molecule has 1 heterocycles. The first kappa shape index (κ1) is 8.34. The molecule has 1 heteroatoms. The first-order valence-electron chi connectivity index (χ1n) is 5.55. The normalized spacial score (nSPS) is 25.4. The molecule has 1 aliphatic carbocycles. The second-order valence-corrected chi connectivity index (χ2v) is 4.72. The third kappa shape index (κ3) is 1.41. The molecule has 1 saturated carbocycles. The van der Waals surface area contributed by atoms with Crippen molar-refractivity contribution in [2.75, 3.05) is 6.61 Å². The molecule has 0 radical (unpaired) electrons. The molecule has 74 valence electrons. The van der Waals surface area contributed by atoms with E-state index in [0.29, 0.717) is 0 Å². The highest BCUT2D eigenvalue weighted by Gasteiger charge is 2.34. The zero-order valence-electron chi connectivity index (χ0n) is 8.62. The van der Waals surface area contributed by atoms with Crippen LogP contribution in [0.25, 0.3) is 0 Å². The van der Waals surface area contributed by atoms with Gasteiger partial charge in [0.1, 0.15) is 5.75 Å². The fourth-order valence-corrected chi connectivity index (χ4v) is 2.42. The average Bonchev–Trinajstić information content (AvgIpc) is 3.00. The van der Waals surface area contributed by atoms with Crippen molar-refractivity contribution in [2.24, 2.45) is 11.8 Å². The summed E-state index contributed by atoms with van der Waals surface area (Å²) >= 11 is 0. The van der Waals surface area contributed by atoms with Gasteiger partial charge in [0.05, 0.1) is 6.61 Å². The van der Waals surface area contributed by atoms with E-state index in [1.165, 1.54) is 30.4 Å². The molecule has 1 nitrogen and oxygen atoms in total.